The lowest BCUT2D eigenvalue weighted by Crippen LogP contribution is -1.96. The zero-order valence-electron chi connectivity index (χ0n) is 7.26. The molecule has 1 aromatic heterocycles. The van der Waals surface area contributed by atoms with Crippen LogP contribution in [-0.4, -0.2) is 16.5 Å². The monoisotopic (exact) mass is 161 g/mol. The molecule has 0 unspecified atom stereocenters. The second kappa shape index (κ2) is 3.84. The van der Waals surface area contributed by atoms with E-state index in [1.807, 2.05) is 19.9 Å². The maximum Gasteiger partial charge on any atom is 0.126 e. The van der Waals surface area contributed by atoms with Crippen LogP contribution in [0.25, 0.3) is 0 Å². The predicted octanol–water partition coefficient (Wildman–Crippen LogP) is 0.404. The molecule has 0 saturated carbocycles. The van der Waals surface area contributed by atoms with E-state index in [1.165, 1.54) is 0 Å². The summed E-state index contributed by atoms with van der Waals surface area (Å²) in [5, 5.41) is 0. The molecule has 0 aliphatic carbocycles. The molecule has 12 heavy (non-hydrogen) atoms. The second-order valence-corrected chi connectivity index (χ2v) is 2.45. The van der Waals surface area contributed by atoms with Crippen LogP contribution in [0.4, 0.5) is 0 Å². The molecule has 3 nitrogen and oxygen atoms in total. The fourth-order valence-electron chi connectivity index (χ4n) is 0.923. The van der Waals surface area contributed by atoms with E-state index in [0.717, 1.165) is 17.2 Å². The first-order valence-corrected chi connectivity index (χ1v) is 3.73. The minimum atomic E-state index is 0.363. The van der Waals surface area contributed by atoms with E-state index in [4.69, 9.17) is 5.73 Å². The third-order valence-corrected chi connectivity index (χ3v) is 1.28. The van der Waals surface area contributed by atoms with Gasteiger partial charge in [-0.2, -0.15) is 0 Å². The van der Waals surface area contributed by atoms with E-state index in [2.05, 4.69) is 21.8 Å². The Morgan fingerprint density at radius 2 is 2.17 bits per heavy atom. The van der Waals surface area contributed by atoms with Gasteiger partial charge in [-0.1, -0.05) is 5.92 Å². The Morgan fingerprint density at radius 3 is 2.75 bits per heavy atom. The maximum absolute atomic E-state index is 5.24. The van der Waals surface area contributed by atoms with Gasteiger partial charge in [0.1, 0.15) is 11.5 Å². The van der Waals surface area contributed by atoms with Crippen LogP contribution in [-0.2, 0) is 0 Å². The summed E-state index contributed by atoms with van der Waals surface area (Å²) >= 11 is 0. The van der Waals surface area contributed by atoms with Crippen LogP contribution in [0, 0.1) is 25.7 Å². The van der Waals surface area contributed by atoms with Crippen LogP contribution in [0.3, 0.4) is 0 Å². The summed E-state index contributed by atoms with van der Waals surface area (Å²) in [6.45, 7) is 4.13. The Kier molecular flexibility index (Phi) is 2.78. The smallest absolute Gasteiger partial charge is 0.126 e. The van der Waals surface area contributed by atoms with Crippen molar-refractivity contribution in [1.82, 2.24) is 9.97 Å². The van der Waals surface area contributed by atoms with Crippen molar-refractivity contribution in [3.8, 4) is 11.8 Å². The molecule has 0 amide bonds. The topological polar surface area (TPSA) is 51.8 Å². The van der Waals surface area contributed by atoms with E-state index in [-0.39, 0.29) is 0 Å². The normalized spacial score (nSPS) is 8.92. The molecule has 0 fully saturated rings. The van der Waals surface area contributed by atoms with Crippen molar-refractivity contribution in [3.63, 3.8) is 0 Å². The number of aryl methyl sites for hydroxylation is 2. The third kappa shape index (κ3) is 2.33. The molecular weight excluding hydrogens is 150 g/mol. The highest BCUT2D eigenvalue weighted by atomic mass is 14.9. The van der Waals surface area contributed by atoms with Gasteiger partial charge in [0.15, 0.2) is 0 Å². The highest BCUT2D eigenvalue weighted by Crippen LogP contribution is 1.97. The largest absolute Gasteiger partial charge is 0.320 e. The summed E-state index contributed by atoms with van der Waals surface area (Å²) in [6.07, 6.45) is 0. The molecule has 1 rings (SSSR count). The average molecular weight is 161 g/mol. The van der Waals surface area contributed by atoms with E-state index < -0.39 is 0 Å². The minimum Gasteiger partial charge on any atom is -0.320 e. The molecule has 0 aromatic carbocycles. The summed E-state index contributed by atoms with van der Waals surface area (Å²) in [4.78, 5) is 8.26. The van der Waals surface area contributed by atoms with Crippen LogP contribution in [0.1, 0.15) is 17.2 Å². The Labute approximate surface area is 72.0 Å². The quantitative estimate of drug-likeness (QED) is 0.560. The summed E-state index contributed by atoms with van der Waals surface area (Å²) in [5.41, 5.74) is 6.91. The molecular formula is C9H11N3. The van der Waals surface area contributed by atoms with Crippen molar-refractivity contribution in [3.05, 3.63) is 23.3 Å². The lowest BCUT2D eigenvalue weighted by Gasteiger charge is -1.95. The average Bonchev–Trinajstić information content (AvgIpc) is 1.99. The van der Waals surface area contributed by atoms with Gasteiger partial charge in [-0.15, -0.1) is 0 Å². The fraction of sp³-hybridized carbons (Fsp3) is 0.333. The second-order valence-electron chi connectivity index (χ2n) is 2.45. The number of aromatic nitrogens is 2. The van der Waals surface area contributed by atoms with Crippen molar-refractivity contribution in [2.45, 2.75) is 13.8 Å². The molecule has 62 valence electrons. The number of hydrogen-bond acceptors (Lipinski definition) is 3. The molecule has 3 heteroatoms. The van der Waals surface area contributed by atoms with Gasteiger partial charge >= 0.3 is 0 Å². The van der Waals surface area contributed by atoms with Gasteiger partial charge in [0.25, 0.3) is 0 Å². The third-order valence-electron chi connectivity index (χ3n) is 1.28. The molecule has 0 aliphatic rings. The highest BCUT2D eigenvalue weighted by Gasteiger charge is 1.93. The Balaban J connectivity index is 3.01. The molecule has 0 bridgehead atoms. The van der Waals surface area contributed by atoms with Crippen LogP contribution in [0.15, 0.2) is 6.07 Å². The summed E-state index contributed by atoms with van der Waals surface area (Å²) in [5.74, 6) is 6.35. The molecule has 2 N–H and O–H groups in total. The maximum atomic E-state index is 5.24. The van der Waals surface area contributed by atoms with Crippen molar-refractivity contribution >= 4 is 0 Å². The number of rotatable bonds is 0. The van der Waals surface area contributed by atoms with Gasteiger partial charge in [-0.05, 0) is 25.8 Å². The summed E-state index contributed by atoms with van der Waals surface area (Å²) in [6, 6.07) is 1.84. The van der Waals surface area contributed by atoms with Crippen LogP contribution in [0.5, 0.6) is 0 Å². The van der Waals surface area contributed by atoms with Crippen molar-refractivity contribution in [2.75, 3.05) is 6.54 Å². The zero-order chi connectivity index (χ0) is 8.97. The fourth-order valence-corrected chi connectivity index (χ4v) is 0.923. The lowest BCUT2D eigenvalue weighted by molar-refractivity contribution is 0.999. The van der Waals surface area contributed by atoms with Gasteiger partial charge in [0, 0.05) is 5.69 Å². The van der Waals surface area contributed by atoms with Crippen LogP contribution >= 0.6 is 0 Å². The number of hydrogen-bond donors (Lipinski definition) is 1. The highest BCUT2D eigenvalue weighted by molar-refractivity contribution is 5.28. The molecule has 0 spiro atoms. The molecule has 0 aliphatic heterocycles. The summed E-state index contributed by atoms with van der Waals surface area (Å²) in [7, 11) is 0. The zero-order valence-corrected chi connectivity index (χ0v) is 7.26. The molecule has 0 atom stereocenters. The Bertz CT molecular complexity index is 313. The Morgan fingerprint density at radius 1 is 1.42 bits per heavy atom. The first kappa shape index (κ1) is 8.69. The number of nitrogens with two attached hydrogens (primary N) is 1. The van der Waals surface area contributed by atoms with Gasteiger partial charge in [-0.25, -0.2) is 9.97 Å². The van der Waals surface area contributed by atoms with Crippen molar-refractivity contribution in [1.29, 1.82) is 0 Å². The number of nitrogens with zero attached hydrogens (tertiary/aromatic N) is 2. The van der Waals surface area contributed by atoms with Crippen LogP contribution < -0.4 is 5.73 Å². The predicted molar refractivity (Wildman–Crippen MR) is 47.4 cm³/mol. The Hall–Kier alpha value is -1.40. The minimum absolute atomic E-state index is 0.363. The van der Waals surface area contributed by atoms with Gasteiger partial charge in [0.2, 0.25) is 0 Å². The van der Waals surface area contributed by atoms with E-state index in [0.29, 0.717) is 6.54 Å². The van der Waals surface area contributed by atoms with Crippen molar-refractivity contribution in [2.24, 2.45) is 5.73 Å². The van der Waals surface area contributed by atoms with Gasteiger partial charge in [0.05, 0.1) is 6.54 Å². The van der Waals surface area contributed by atoms with E-state index >= 15 is 0 Å². The first-order valence-electron chi connectivity index (χ1n) is 3.73. The molecule has 0 radical (unpaired) electrons. The van der Waals surface area contributed by atoms with Gasteiger partial charge in [-0.3, -0.25) is 0 Å². The van der Waals surface area contributed by atoms with E-state index in [9.17, 15) is 0 Å². The van der Waals surface area contributed by atoms with E-state index in [1.54, 1.807) is 0 Å². The lowest BCUT2D eigenvalue weighted by atomic mass is 10.3. The van der Waals surface area contributed by atoms with Crippen molar-refractivity contribution < 1.29 is 0 Å². The molecule has 1 aromatic rings. The SMILES string of the molecule is Cc1cc(C#CCN)nc(C)n1. The molecule has 1 heterocycles. The summed E-state index contributed by atoms with van der Waals surface area (Å²) < 4.78 is 0. The standard InChI is InChI=1S/C9H11N3/c1-7-6-9(4-3-5-10)12-8(2)11-7/h6H,5,10H2,1-2H3. The first-order chi connectivity index (χ1) is 5.72. The van der Waals surface area contributed by atoms with Crippen LogP contribution in [0.2, 0.25) is 0 Å². The molecule has 0 saturated heterocycles. The van der Waals surface area contributed by atoms with Gasteiger partial charge < -0.3 is 5.73 Å².